The Morgan fingerprint density at radius 1 is 1.30 bits per heavy atom. The maximum atomic E-state index is 3.02. The molecule has 1 heteroatoms. The van der Waals surface area contributed by atoms with Gasteiger partial charge in [-0.25, -0.2) is 0 Å². The molecule has 0 rings (SSSR count). The van der Waals surface area contributed by atoms with E-state index in [4.69, 9.17) is 0 Å². The van der Waals surface area contributed by atoms with Crippen LogP contribution in [0.25, 0.3) is 0 Å². The fourth-order valence-corrected chi connectivity index (χ4v) is 0.594. The van der Waals surface area contributed by atoms with Gasteiger partial charge in [0.1, 0.15) is 0 Å². The highest BCUT2D eigenvalue weighted by atomic mass is 15.1. The summed E-state index contributed by atoms with van der Waals surface area (Å²) in [6, 6.07) is 3.02. The van der Waals surface area contributed by atoms with Gasteiger partial charge in [-0.2, -0.15) is 0 Å². The van der Waals surface area contributed by atoms with Crippen molar-refractivity contribution in [3.63, 3.8) is 0 Å². The Morgan fingerprint density at radius 3 is 2.30 bits per heavy atom. The molecule has 0 heterocycles. The van der Waals surface area contributed by atoms with Crippen molar-refractivity contribution in [2.45, 2.75) is 20.8 Å². The van der Waals surface area contributed by atoms with Gasteiger partial charge >= 0.3 is 0 Å². The van der Waals surface area contributed by atoms with Crippen molar-refractivity contribution in [2.75, 3.05) is 13.1 Å². The molecule has 0 aromatic carbocycles. The molecule has 0 aromatic rings. The fourth-order valence-electron chi connectivity index (χ4n) is 0.594. The first-order chi connectivity index (χ1) is 4.85. The molecule has 56 valence electrons. The molecule has 0 N–H and O–H groups in total. The lowest BCUT2D eigenvalue weighted by Gasteiger charge is -2.09. The first kappa shape index (κ1) is 9.10. The van der Waals surface area contributed by atoms with Gasteiger partial charge in [0.2, 0.25) is 0 Å². The van der Waals surface area contributed by atoms with E-state index in [2.05, 4.69) is 30.7 Å². The molecular formula is C9H15N. The van der Waals surface area contributed by atoms with Gasteiger partial charge in [-0.3, -0.25) is 0 Å². The Morgan fingerprint density at radius 2 is 1.90 bits per heavy atom. The van der Waals surface area contributed by atoms with E-state index in [9.17, 15) is 0 Å². The highest BCUT2D eigenvalue weighted by molar-refractivity contribution is 5.13. The second-order valence-electron chi connectivity index (χ2n) is 1.93. The quantitative estimate of drug-likeness (QED) is 0.415. The summed E-state index contributed by atoms with van der Waals surface area (Å²) in [7, 11) is 0. The first-order valence-electron chi connectivity index (χ1n) is 3.72. The number of hydrogen-bond donors (Lipinski definition) is 0. The molecule has 0 spiro atoms. The topological polar surface area (TPSA) is 3.24 Å². The molecule has 10 heavy (non-hydrogen) atoms. The molecule has 0 bridgehead atoms. The zero-order chi connectivity index (χ0) is 7.82. The Bertz CT molecular complexity index is 144. The first-order valence-corrected chi connectivity index (χ1v) is 3.72. The highest BCUT2D eigenvalue weighted by Gasteiger charge is 1.85. The fraction of sp³-hybridized carbons (Fsp3) is 0.556. The minimum atomic E-state index is 1.00. The van der Waals surface area contributed by atoms with Crippen LogP contribution in [0, 0.1) is 12.0 Å². The molecule has 0 saturated heterocycles. The van der Waals surface area contributed by atoms with E-state index in [1.165, 1.54) is 0 Å². The smallest absolute Gasteiger partial charge is 0.0232 e. The van der Waals surface area contributed by atoms with Gasteiger partial charge in [0, 0.05) is 19.1 Å². The SMILES string of the molecule is CC=CC#CN(CC)CC. The van der Waals surface area contributed by atoms with Crippen molar-refractivity contribution < 1.29 is 0 Å². The van der Waals surface area contributed by atoms with Crippen LogP contribution in [0.5, 0.6) is 0 Å². The standard InChI is InChI=1S/C9H15N/c1-4-7-8-9-10(5-2)6-3/h4,7H,5-6H2,1-3H3. The normalized spacial score (nSPS) is 9.10. The maximum Gasteiger partial charge on any atom is 0.0232 e. The summed E-state index contributed by atoms with van der Waals surface area (Å²) in [5.41, 5.74) is 0. The van der Waals surface area contributed by atoms with E-state index < -0.39 is 0 Å². The van der Waals surface area contributed by atoms with Gasteiger partial charge in [-0.15, -0.1) is 0 Å². The van der Waals surface area contributed by atoms with E-state index in [-0.39, 0.29) is 0 Å². The Labute approximate surface area is 63.7 Å². The van der Waals surface area contributed by atoms with Crippen LogP contribution < -0.4 is 0 Å². The predicted molar refractivity (Wildman–Crippen MR) is 45.5 cm³/mol. The van der Waals surface area contributed by atoms with Crippen LogP contribution in [0.2, 0.25) is 0 Å². The number of rotatable bonds is 2. The molecule has 0 amide bonds. The lowest BCUT2D eigenvalue weighted by Crippen LogP contribution is -2.15. The predicted octanol–water partition coefficient (Wildman–Crippen LogP) is 1.87. The van der Waals surface area contributed by atoms with Crippen LogP contribution in [0.3, 0.4) is 0 Å². The van der Waals surface area contributed by atoms with E-state index in [1.807, 2.05) is 19.1 Å². The summed E-state index contributed by atoms with van der Waals surface area (Å²) in [5.74, 6) is 2.93. The Balaban J connectivity index is 3.74. The van der Waals surface area contributed by atoms with E-state index in [0.717, 1.165) is 13.1 Å². The number of allylic oxidation sites excluding steroid dienone is 2. The summed E-state index contributed by atoms with van der Waals surface area (Å²) >= 11 is 0. The van der Waals surface area contributed by atoms with E-state index >= 15 is 0 Å². The average Bonchev–Trinajstić information content (AvgIpc) is 1.99. The van der Waals surface area contributed by atoms with Crippen LogP contribution in [-0.4, -0.2) is 18.0 Å². The molecule has 1 nitrogen and oxygen atoms in total. The summed E-state index contributed by atoms with van der Waals surface area (Å²) in [5, 5.41) is 0. The largest absolute Gasteiger partial charge is 0.333 e. The lowest BCUT2D eigenvalue weighted by molar-refractivity contribution is 0.444. The van der Waals surface area contributed by atoms with Gasteiger partial charge in [0.25, 0.3) is 0 Å². The molecule has 0 saturated carbocycles. The van der Waals surface area contributed by atoms with Crippen LogP contribution in [0.4, 0.5) is 0 Å². The molecule has 0 aliphatic heterocycles. The Hall–Kier alpha value is -0.900. The molecule has 0 fully saturated rings. The minimum absolute atomic E-state index is 1.00. The van der Waals surface area contributed by atoms with Crippen molar-refractivity contribution in [1.29, 1.82) is 0 Å². The molecule has 0 atom stereocenters. The maximum absolute atomic E-state index is 3.02. The third-order valence-corrected chi connectivity index (χ3v) is 1.24. The van der Waals surface area contributed by atoms with Crippen molar-refractivity contribution in [2.24, 2.45) is 0 Å². The summed E-state index contributed by atoms with van der Waals surface area (Å²) < 4.78 is 0. The molecule has 0 aliphatic rings. The Kier molecular flexibility index (Phi) is 5.66. The minimum Gasteiger partial charge on any atom is -0.333 e. The third kappa shape index (κ3) is 4.03. The van der Waals surface area contributed by atoms with Gasteiger partial charge in [0.15, 0.2) is 0 Å². The van der Waals surface area contributed by atoms with Crippen LogP contribution >= 0.6 is 0 Å². The number of hydrogen-bond acceptors (Lipinski definition) is 1. The lowest BCUT2D eigenvalue weighted by atomic mass is 10.5. The van der Waals surface area contributed by atoms with E-state index in [1.54, 1.807) is 0 Å². The summed E-state index contributed by atoms with van der Waals surface area (Å²) in [6.45, 7) is 8.18. The molecule has 0 aromatic heterocycles. The second kappa shape index (κ2) is 6.22. The van der Waals surface area contributed by atoms with Crippen LogP contribution in [0.15, 0.2) is 12.2 Å². The van der Waals surface area contributed by atoms with Gasteiger partial charge in [0.05, 0.1) is 0 Å². The second-order valence-corrected chi connectivity index (χ2v) is 1.93. The highest BCUT2D eigenvalue weighted by Crippen LogP contribution is 1.81. The van der Waals surface area contributed by atoms with Crippen molar-refractivity contribution in [3.05, 3.63) is 12.2 Å². The van der Waals surface area contributed by atoms with E-state index in [0.29, 0.717) is 0 Å². The van der Waals surface area contributed by atoms with Crippen molar-refractivity contribution in [3.8, 4) is 12.0 Å². The summed E-state index contributed by atoms with van der Waals surface area (Å²) in [6.07, 6.45) is 3.80. The van der Waals surface area contributed by atoms with Crippen molar-refractivity contribution in [1.82, 2.24) is 4.90 Å². The van der Waals surface area contributed by atoms with Crippen LogP contribution in [0.1, 0.15) is 20.8 Å². The van der Waals surface area contributed by atoms with Crippen LogP contribution in [-0.2, 0) is 0 Å². The van der Waals surface area contributed by atoms with Gasteiger partial charge < -0.3 is 4.90 Å². The van der Waals surface area contributed by atoms with Gasteiger partial charge in [-0.1, -0.05) is 12.0 Å². The molecule has 0 radical (unpaired) electrons. The number of nitrogens with zero attached hydrogens (tertiary/aromatic N) is 1. The monoisotopic (exact) mass is 137 g/mol. The molecule has 0 unspecified atom stereocenters. The zero-order valence-electron chi connectivity index (χ0n) is 7.02. The summed E-state index contributed by atoms with van der Waals surface area (Å²) in [4.78, 5) is 2.07. The molecular weight excluding hydrogens is 122 g/mol. The third-order valence-electron chi connectivity index (χ3n) is 1.24. The zero-order valence-corrected chi connectivity index (χ0v) is 7.02. The molecule has 0 aliphatic carbocycles. The van der Waals surface area contributed by atoms with Crippen molar-refractivity contribution >= 4 is 0 Å². The average molecular weight is 137 g/mol. The van der Waals surface area contributed by atoms with Gasteiger partial charge in [-0.05, 0) is 26.8 Å².